The Morgan fingerprint density at radius 1 is 0.833 bits per heavy atom. The largest absolute Gasteiger partial charge is 0.745 e. The molecule has 0 saturated heterocycles. The van der Waals surface area contributed by atoms with Crippen molar-refractivity contribution in [2.75, 3.05) is 13.2 Å². The van der Waals surface area contributed by atoms with Crippen LogP contribution in [-0.4, -0.2) is 19.1 Å². The minimum atomic E-state index is -4.79. The Bertz CT molecular complexity index is 1070. The highest BCUT2D eigenvalue weighted by Crippen LogP contribution is 2.38. The first kappa shape index (κ1) is 29.1. The van der Waals surface area contributed by atoms with E-state index in [1.165, 1.54) is 0 Å². The molecule has 0 aliphatic rings. The van der Waals surface area contributed by atoms with Crippen molar-refractivity contribution in [2.45, 2.75) is 12.8 Å². The molecule has 1 aromatic carbocycles. The average molecular weight is 524 g/mol. The minimum Gasteiger partial charge on any atom is -0.745 e. The van der Waals surface area contributed by atoms with E-state index in [-0.39, 0.29) is 31.9 Å². The molecule has 1 atom stereocenters. The molecule has 0 aliphatic carbocycles. The third-order valence-corrected chi connectivity index (χ3v) is 3.65. The molecule has 1 unspecified atom stereocenters. The average Bonchev–Trinajstić information content (AvgIpc) is 2.86. The molecule has 1 amide bonds. The molecule has 25 heteroatoms. The van der Waals surface area contributed by atoms with Crippen LogP contribution in [0.3, 0.4) is 0 Å². The molecule has 24 nitrogen and oxygen atoms in total. The summed E-state index contributed by atoms with van der Waals surface area (Å²) in [5.41, 5.74) is 7.09. The summed E-state index contributed by atoms with van der Waals surface area (Å²) < 4.78 is 20.0. The van der Waals surface area contributed by atoms with Gasteiger partial charge in [0.25, 0.3) is 0 Å². The first-order valence-corrected chi connectivity index (χ1v) is 10.5. The number of carbonyl (C=O) groups is 1. The van der Waals surface area contributed by atoms with Gasteiger partial charge in [-0.3, -0.25) is 9.36 Å². The van der Waals surface area contributed by atoms with Crippen molar-refractivity contribution in [1.29, 1.82) is 5.53 Å². The van der Waals surface area contributed by atoms with Crippen molar-refractivity contribution in [3.63, 3.8) is 0 Å². The monoisotopic (exact) mass is 524 g/mol. The topological polar surface area (TPSA) is 322 Å². The summed E-state index contributed by atoms with van der Waals surface area (Å²) >= 11 is 0. The van der Waals surface area contributed by atoms with Gasteiger partial charge in [0.05, 0.1) is 18.3 Å². The smallest absolute Gasteiger partial charge is 0.345 e. The van der Waals surface area contributed by atoms with E-state index in [1.54, 1.807) is 0 Å². The van der Waals surface area contributed by atoms with Gasteiger partial charge in [0.1, 0.15) is 0 Å². The van der Waals surface area contributed by atoms with Crippen molar-refractivity contribution in [2.24, 2.45) is 88.8 Å². The molecule has 2 N–H and O–H groups in total. The SMILES string of the molecule is N=N/N=N/N=N/N=N/N=N/N=N/N=N/N=N/N=N\OP(=O)([O-])OCCCNC(=O)Cc1ccccc1. The van der Waals surface area contributed by atoms with Gasteiger partial charge in [-0.25, -0.2) is 0 Å². The predicted molar refractivity (Wildman–Crippen MR) is 106 cm³/mol. The molecule has 0 spiro atoms. The summed E-state index contributed by atoms with van der Waals surface area (Å²) in [6.07, 6.45) is 0.405. The lowest BCUT2D eigenvalue weighted by molar-refractivity contribution is -0.226. The Morgan fingerprint density at radius 2 is 1.33 bits per heavy atom. The molecule has 0 aromatic heterocycles. The van der Waals surface area contributed by atoms with E-state index in [0.29, 0.717) is 0 Å². The molecule has 0 bridgehead atoms. The van der Waals surface area contributed by atoms with Gasteiger partial charge in [0.15, 0.2) is 0 Å². The number of phosphoric acid groups is 1. The molecule has 0 heterocycles. The van der Waals surface area contributed by atoms with Crippen molar-refractivity contribution in [1.82, 2.24) is 5.32 Å². The number of benzene rings is 1. The Morgan fingerprint density at radius 3 is 1.86 bits per heavy atom. The lowest BCUT2D eigenvalue weighted by Gasteiger charge is -2.18. The van der Waals surface area contributed by atoms with Crippen LogP contribution in [-0.2, 0) is 24.9 Å². The number of amides is 1. The van der Waals surface area contributed by atoms with Gasteiger partial charge >= 0.3 is 7.82 Å². The fourth-order valence-electron chi connectivity index (χ4n) is 1.67. The fraction of sp³-hybridized carbons (Fsp3) is 0.364. The van der Waals surface area contributed by atoms with Crippen molar-refractivity contribution in [3.8, 4) is 0 Å². The molecular weight excluding hydrogens is 509 g/mol. The molecule has 190 valence electrons. The summed E-state index contributed by atoms with van der Waals surface area (Å²) in [6.45, 7) is -0.0690. The van der Waals surface area contributed by atoms with Gasteiger partial charge in [-0.2, -0.15) is 5.53 Å². The van der Waals surface area contributed by atoms with Gasteiger partial charge in [0, 0.05) is 48.3 Å². The maximum absolute atomic E-state index is 11.8. The van der Waals surface area contributed by atoms with Crippen LogP contribution in [0.5, 0.6) is 0 Å². The molecule has 0 fully saturated rings. The molecular formula is C11H15N19O5P-. The Balaban J connectivity index is 2.14. The summed E-state index contributed by atoms with van der Waals surface area (Å²) in [6, 6.07) is 9.11. The third-order valence-electron chi connectivity index (χ3n) is 2.88. The highest BCUT2D eigenvalue weighted by molar-refractivity contribution is 7.45. The van der Waals surface area contributed by atoms with E-state index in [2.05, 4.69) is 103 Å². The van der Waals surface area contributed by atoms with Crippen LogP contribution in [0.4, 0.5) is 0 Å². The summed E-state index contributed by atoms with van der Waals surface area (Å²) in [7, 11) is -4.79. The molecule has 0 radical (unpaired) electrons. The van der Waals surface area contributed by atoms with Crippen LogP contribution in [0.1, 0.15) is 12.0 Å². The highest BCUT2D eigenvalue weighted by Gasteiger charge is 2.10. The maximum Gasteiger partial charge on any atom is 0.345 e. The molecule has 1 rings (SSSR count). The molecule has 0 aliphatic heterocycles. The first-order valence-electron chi connectivity index (χ1n) is 9.05. The van der Waals surface area contributed by atoms with E-state index >= 15 is 0 Å². The summed E-state index contributed by atoms with van der Waals surface area (Å²) in [5.74, 6) is -0.213. The minimum absolute atomic E-state index is 0.194. The van der Waals surface area contributed by atoms with Crippen LogP contribution in [0, 0.1) is 5.53 Å². The Hall–Kier alpha value is -4.96. The number of rotatable bonds is 17. The Kier molecular flexibility index (Phi) is 15.8. The van der Waals surface area contributed by atoms with Gasteiger partial charge in [-0.05, 0) is 53.8 Å². The van der Waals surface area contributed by atoms with Gasteiger partial charge in [-0.1, -0.05) is 30.3 Å². The zero-order chi connectivity index (χ0) is 26.2. The van der Waals surface area contributed by atoms with Gasteiger partial charge in [-0.15, -0.1) is 0 Å². The predicted octanol–water partition coefficient (Wildman–Crippen LogP) is 4.12. The fourth-order valence-corrected chi connectivity index (χ4v) is 2.20. The second-order valence-electron chi connectivity index (χ2n) is 5.25. The summed E-state index contributed by atoms with van der Waals surface area (Å²) in [5, 5.41) is 51.8. The van der Waals surface area contributed by atoms with E-state index < -0.39 is 7.82 Å². The van der Waals surface area contributed by atoms with Crippen LogP contribution in [0.25, 0.3) is 0 Å². The standard InChI is InChI=1S/C11H16N19O5P/c12-14-15-16-17-18-19-20-21-22-23-24-25-26-27-28-29-30-35-36(32,33)34-8-4-7-13-11(31)9-10-5-2-1-3-6-10/h1-3,5-6,12H,4,7-9H2,(H,13,31)(H,32,33)/p-1/b14-12?,16-15+,18-17+,20-19+,22-21+,24-23+,26-25+,28-27+,30-29-. The van der Waals surface area contributed by atoms with E-state index in [1.807, 2.05) is 30.3 Å². The lowest BCUT2D eigenvalue weighted by Crippen LogP contribution is -2.26. The zero-order valence-corrected chi connectivity index (χ0v) is 18.7. The first-order chi connectivity index (χ1) is 17.5. The number of phosphoric ester groups is 1. The van der Waals surface area contributed by atoms with Crippen molar-refractivity contribution in [3.05, 3.63) is 35.9 Å². The molecule has 1 aromatic rings. The van der Waals surface area contributed by atoms with E-state index in [9.17, 15) is 14.3 Å². The van der Waals surface area contributed by atoms with Gasteiger partial charge in [0.2, 0.25) is 5.91 Å². The third kappa shape index (κ3) is 17.6. The maximum atomic E-state index is 11.8. The number of hydrogen-bond donors (Lipinski definition) is 2. The zero-order valence-electron chi connectivity index (χ0n) is 17.8. The van der Waals surface area contributed by atoms with Crippen LogP contribution in [0.15, 0.2) is 119 Å². The second-order valence-corrected chi connectivity index (χ2v) is 6.57. The summed E-state index contributed by atoms with van der Waals surface area (Å²) in [4.78, 5) is 23.2. The number of carbonyl (C=O) groups excluding carboxylic acids is 1. The van der Waals surface area contributed by atoms with Crippen LogP contribution >= 0.6 is 7.82 Å². The number of hydrogen-bond acceptors (Lipinski definition) is 7. The lowest BCUT2D eigenvalue weighted by atomic mass is 10.1. The number of nitrogens with zero attached hydrogens (tertiary/aromatic N) is 17. The van der Waals surface area contributed by atoms with E-state index in [4.69, 9.17) is 5.53 Å². The highest BCUT2D eigenvalue weighted by atomic mass is 31.2. The molecule has 0 saturated carbocycles. The van der Waals surface area contributed by atoms with E-state index in [0.717, 1.165) is 5.56 Å². The van der Waals surface area contributed by atoms with Crippen LogP contribution in [0.2, 0.25) is 0 Å². The van der Waals surface area contributed by atoms with Crippen LogP contribution < -0.4 is 10.2 Å². The van der Waals surface area contributed by atoms with Gasteiger partial charge < -0.3 is 19.4 Å². The molecule has 36 heavy (non-hydrogen) atoms. The Labute approximate surface area is 199 Å². The number of nitrogens with one attached hydrogen (secondary N) is 2. The quantitative estimate of drug-likeness (QED) is 0.131. The van der Waals surface area contributed by atoms with Crippen molar-refractivity contribution < 1.29 is 23.4 Å². The second kappa shape index (κ2) is 19.5. The normalized spacial score (nSPS) is 14.5. The van der Waals surface area contributed by atoms with Crippen molar-refractivity contribution >= 4 is 13.7 Å².